The van der Waals surface area contributed by atoms with Crippen LogP contribution in [0.1, 0.15) is 50.6 Å². The molecule has 128 valence electrons. The summed E-state index contributed by atoms with van der Waals surface area (Å²) in [6, 6.07) is 0.428. The van der Waals surface area contributed by atoms with Gasteiger partial charge < -0.3 is 15.2 Å². The lowest BCUT2D eigenvalue weighted by Gasteiger charge is -2.18. The van der Waals surface area contributed by atoms with Crippen molar-refractivity contribution in [2.45, 2.75) is 59.9 Å². The largest absolute Gasteiger partial charge is 0.361 e. The van der Waals surface area contributed by atoms with Gasteiger partial charge in [-0.15, -0.1) is 24.0 Å². The molecule has 0 fully saturated rings. The van der Waals surface area contributed by atoms with Crippen LogP contribution in [0.3, 0.4) is 0 Å². The second-order valence-corrected chi connectivity index (χ2v) is 6.07. The van der Waals surface area contributed by atoms with Crippen molar-refractivity contribution in [3.05, 3.63) is 17.0 Å². The molecule has 1 rings (SSSR count). The molecular formula is C16H31IN4O. The van der Waals surface area contributed by atoms with Crippen molar-refractivity contribution < 1.29 is 4.52 Å². The zero-order valence-electron chi connectivity index (χ0n) is 14.7. The van der Waals surface area contributed by atoms with Crippen LogP contribution < -0.4 is 10.6 Å². The topological polar surface area (TPSA) is 62.5 Å². The molecule has 1 aromatic rings. The zero-order valence-corrected chi connectivity index (χ0v) is 17.0. The molecule has 5 nitrogen and oxygen atoms in total. The summed E-state index contributed by atoms with van der Waals surface area (Å²) in [5.41, 5.74) is 2.16. The van der Waals surface area contributed by atoms with Crippen LogP contribution >= 0.6 is 24.0 Å². The lowest BCUT2D eigenvalue weighted by Crippen LogP contribution is -2.43. The molecular weight excluding hydrogens is 391 g/mol. The number of hydrogen-bond donors (Lipinski definition) is 2. The Kier molecular flexibility index (Phi) is 10.5. The molecule has 0 amide bonds. The summed E-state index contributed by atoms with van der Waals surface area (Å²) < 4.78 is 5.17. The third kappa shape index (κ3) is 7.47. The van der Waals surface area contributed by atoms with Crippen LogP contribution in [0.5, 0.6) is 0 Å². The maximum atomic E-state index is 5.17. The molecule has 1 aromatic heterocycles. The van der Waals surface area contributed by atoms with Gasteiger partial charge in [-0.2, -0.15) is 0 Å². The van der Waals surface area contributed by atoms with Crippen LogP contribution in [0.15, 0.2) is 9.52 Å². The van der Waals surface area contributed by atoms with E-state index in [2.05, 4.69) is 41.6 Å². The summed E-state index contributed by atoms with van der Waals surface area (Å²) in [6.45, 7) is 11.5. The Morgan fingerprint density at radius 1 is 1.23 bits per heavy atom. The predicted octanol–water partition coefficient (Wildman–Crippen LogP) is 3.44. The number of nitrogens with zero attached hydrogens (tertiary/aromatic N) is 2. The van der Waals surface area contributed by atoms with Gasteiger partial charge in [0.15, 0.2) is 5.96 Å². The Bertz CT molecular complexity index is 437. The van der Waals surface area contributed by atoms with E-state index < -0.39 is 0 Å². The van der Waals surface area contributed by atoms with E-state index in [-0.39, 0.29) is 24.0 Å². The number of guanidine groups is 1. The third-order valence-electron chi connectivity index (χ3n) is 3.63. The van der Waals surface area contributed by atoms with E-state index in [1.54, 1.807) is 7.05 Å². The maximum absolute atomic E-state index is 5.17. The van der Waals surface area contributed by atoms with E-state index >= 15 is 0 Å². The number of aromatic nitrogens is 1. The molecule has 1 atom stereocenters. The van der Waals surface area contributed by atoms with Gasteiger partial charge in [0.25, 0.3) is 0 Å². The number of aliphatic imine (C=N–C) groups is 1. The molecule has 0 aliphatic rings. The van der Waals surface area contributed by atoms with Crippen molar-refractivity contribution in [1.82, 2.24) is 15.8 Å². The SMILES string of the molecule is CN=C(NCCc1c(C)noc1C)NC(C)CCC(C)C.I. The average molecular weight is 422 g/mol. The Hall–Kier alpha value is -0.790. The number of aryl methyl sites for hydroxylation is 2. The van der Waals surface area contributed by atoms with Gasteiger partial charge in [0.05, 0.1) is 5.69 Å². The minimum atomic E-state index is 0. The molecule has 0 spiro atoms. The van der Waals surface area contributed by atoms with E-state index in [0.29, 0.717) is 6.04 Å². The molecule has 1 heterocycles. The van der Waals surface area contributed by atoms with Crippen LogP contribution in [0.4, 0.5) is 0 Å². The Labute approximate surface area is 151 Å². The molecule has 0 radical (unpaired) electrons. The van der Waals surface area contributed by atoms with E-state index in [9.17, 15) is 0 Å². The highest BCUT2D eigenvalue weighted by Gasteiger charge is 2.10. The number of halogens is 1. The van der Waals surface area contributed by atoms with Gasteiger partial charge in [-0.3, -0.25) is 4.99 Å². The first-order chi connectivity index (χ1) is 9.93. The molecule has 0 aromatic carbocycles. The van der Waals surface area contributed by atoms with Crippen LogP contribution in [0, 0.1) is 19.8 Å². The van der Waals surface area contributed by atoms with Crippen molar-refractivity contribution >= 4 is 29.9 Å². The first kappa shape index (κ1) is 21.2. The van der Waals surface area contributed by atoms with Gasteiger partial charge in [-0.1, -0.05) is 19.0 Å². The standard InChI is InChI=1S/C16H30N4O.HI/c1-11(2)7-8-12(3)19-16(17-6)18-10-9-15-13(4)20-21-14(15)5;/h11-12H,7-10H2,1-6H3,(H2,17,18,19);1H. The third-order valence-corrected chi connectivity index (χ3v) is 3.63. The highest BCUT2D eigenvalue weighted by atomic mass is 127. The normalized spacial score (nSPS) is 13.0. The second kappa shape index (κ2) is 10.9. The van der Waals surface area contributed by atoms with Gasteiger partial charge in [-0.05, 0) is 46.0 Å². The van der Waals surface area contributed by atoms with Gasteiger partial charge in [0.1, 0.15) is 5.76 Å². The van der Waals surface area contributed by atoms with Crippen LogP contribution in [0.2, 0.25) is 0 Å². The molecule has 2 N–H and O–H groups in total. The number of nitrogens with one attached hydrogen (secondary N) is 2. The monoisotopic (exact) mass is 422 g/mol. The Morgan fingerprint density at radius 3 is 2.41 bits per heavy atom. The lowest BCUT2D eigenvalue weighted by atomic mass is 10.0. The smallest absolute Gasteiger partial charge is 0.191 e. The van der Waals surface area contributed by atoms with Crippen molar-refractivity contribution in [2.24, 2.45) is 10.9 Å². The first-order valence-corrected chi connectivity index (χ1v) is 7.83. The summed E-state index contributed by atoms with van der Waals surface area (Å²) in [6.07, 6.45) is 3.27. The van der Waals surface area contributed by atoms with Crippen molar-refractivity contribution in [1.29, 1.82) is 0 Å². The van der Waals surface area contributed by atoms with Crippen LogP contribution in [-0.4, -0.2) is 30.8 Å². The summed E-state index contributed by atoms with van der Waals surface area (Å²) in [5.74, 6) is 2.50. The quantitative estimate of drug-likeness (QED) is 0.402. The molecule has 0 aliphatic heterocycles. The summed E-state index contributed by atoms with van der Waals surface area (Å²) in [7, 11) is 1.81. The van der Waals surface area contributed by atoms with E-state index in [0.717, 1.165) is 42.7 Å². The minimum absolute atomic E-state index is 0. The fourth-order valence-electron chi connectivity index (χ4n) is 2.25. The van der Waals surface area contributed by atoms with Crippen LogP contribution in [-0.2, 0) is 6.42 Å². The van der Waals surface area contributed by atoms with E-state index in [1.807, 2.05) is 13.8 Å². The molecule has 6 heteroatoms. The predicted molar refractivity (Wildman–Crippen MR) is 103 cm³/mol. The molecule has 22 heavy (non-hydrogen) atoms. The van der Waals surface area contributed by atoms with Gasteiger partial charge in [0.2, 0.25) is 0 Å². The molecule has 0 saturated carbocycles. The summed E-state index contributed by atoms with van der Waals surface area (Å²) >= 11 is 0. The fourth-order valence-corrected chi connectivity index (χ4v) is 2.25. The molecule has 0 aliphatic carbocycles. The fraction of sp³-hybridized carbons (Fsp3) is 0.750. The molecule has 0 bridgehead atoms. The minimum Gasteiger partial charge on any atom is -0.361 e. The highest BCUT2D eigenvalue weighted by molar-refractivity contribution is 14.0. The molecule has 1 unspecified atom stereocenters. The van der Waals surface area contributed by atoms with Crippen molar-refractivity contribution in [3.63, 3.8) is 0 Å². The van der Waals surface area contributed by atoms with E-state index in [4.69, 9.17) is 4.52 Å². The average Bonchev–Trinajstić information content (AvgIpc) is 2.75. The molecule has 0 saturated heterocycles. The second-order valence-electron chi connectivity index (χ2n) is 6.07. The van der Waals surface area contributed by atoms with Crippen LogP contribution in [0.25, 0.3) is 0 Å². The van der Waals surface area contributed by atoms with E-state index in [1.165, 1.54) is 12.0 Å². The van der Waals surface area contributed by atoms with Gasteiger partial charge in [-0.25, -0.2) is 0 Å². The van der Waals surface area contributed by atoms with Crippen molar-refractivity contribution in [3.8, 4) is 0 Å². The Morgan fingerprint density at radius 2 is 1.91 bits per heavy atom. The zero-order chi connectivity index (χ0) is 15.8. The van der Waals surface area contributed by atoms with Gasteiger partial charge >= 0.3 is 0 Å². The number of hydrogen-bond acceptors (Lipinski definition) is 3. The first-order valence-electron chi connectivity index (χ1n) is 7.83. The summed E-state index contributed by atoms with van der Waals surface area (Å²) in [4.78, 5) is 4.27. The Balaban J connectivity index is 0.00000441. The number of rotatable bonds is 7. The maximum Gasteiger partial charge on any atom is 0.191 e. The van der Waals surface area contributed by atoms with Gasteiger partial charge in [0, 0.05) is 25.2 Å². The lowest BCUT2D eigenvalue weighted by molar-refractivity contribution is 0.392. The van der Waals surface area contributed by atoms with Crippen molar-refractivity contribution in [2.75, 3.05) is 13.6 Å². The highest BCUT2D eigenvalue weighted by Crippen LogP contribution is 2.12. The summed E-state index contributed by atoms with van der Waals surface area (Å²) in [5, 5.41) is 10.8.